The van der Waals surface area contributed by atoms with Crippen molar-refractivity contribution in [2.75, 3.05) is 32.8 Å². The van der Waals surface area contributed by atoms with Gasteiger partial charge in [0.05, 0.1) is 13.2 Å². The minimum atomic E-state index is -0.0742. The largest absolute Gasteiger partial charge is 0.370 e. The summed E-state index contributed by atoms with van der Waals surface area (Å²) in [6.07, 6.45) is 0. The molecule has 0 aromatic heterocycles. The molecule has 132 valence electrons. The van der Waals surface area contributed by atoms with Crippen LogP contribution >= 0.6 is 11.6 Å². The van der Waals surface area contributed by atoms with Gasteiger partial charge in [-0.15, -0.1) is 0 Å². The second kappa shape index (κ2) is 8.48. The predicted molar refractivity (Wildman–Crippen MR) is 99.2 cm³/mol. The molecular weight excluding hydrogens is 336 g/mol. The lowest BCUT2D eigenvalue weighted by Gasteiger charge is -2.28. The van der Waals surface area contributed by atoms with Crippen LogP contribution in [0.1, 0.15) is 27.5 Å². The van der Waals surface area contributed by atoms with Crippen molar-refractivity contribution in [2.24, 2.45) is 0 Å². The van der Waals surface area contributed by atoms with Crippen LogP contribution in [0, 0.1) is 6.92 Å². The van der Waals surface area contributed by atoms with Crippen LogP contribution in [0.15, 0.2) is 48.5 Å². The Morgan fingerprint density at radius 2 is 1.76 bits per heavy atom. The van der Waals surface area contributed by atoms with Crippen LogP contribution in [-0.4, -0.2) is 38.8 Å². The van der Waals surface area contributed by atoms with E-state index in [2.05, 4.69) is 36.5 Å². The molecule has 1 atom stereocenters. The maximum atomic E-state index is 12.7. The van der Waals surface area contributed by atoms with Crippen molar-refractivity contribution < 1.29 is 14.4 Å². The first-order valence-electron chi connectivity index (χ1n) is 8.66. The highest BCUT2D eigenvalue weighted by molar-refractivity contribution is 6.30. The molecular formula is C20H24ClN2O2+. The molecule has 2 aromatic carbocycles. The standard InChI is InChI=1S/C20H23ClN2O2/c1-15-2-4-16(5-3-15)19(14-23-10-12-25-13-11-23)22-20(24)17-6-8-18(21)9-7-17/h2-9,19H,10-14H2,1H3,(H,22,24)/p+1/t19-/m0/s1. The topological polar surface area (TPSA) is 42.8 Å². The number of quaternary nitrogens is 1. The van der Waals surface area contributed by atoms with Gasteiger partial charge in [-0.05, 0) is 36.8 Å². The number of hydrogen-bond donors (Lipinski definition) is 2. The normalized spacial score (nSPS) is 16.4. The zero-order valence-corrected chi connectivity index (χ0v) is 15.2. The van der Waals surface area contributed by atoms with Crippen molar-refractivity contribution in [3.63, 3.8) is 0 Å². The third kappa shape index (κ3) is 5.05. The van der Waals surface area contributed by atoms with Crippen molar-refractivity contribution in [3.8, 4) is 0 Å². The number of amides is 1. The summed E-state index contributed by atoms with van der Waals surface area (Å²) in [6, 6.07) is 15.3. The second-order valence-corrected chi connectivity index (χ2v) is 6.95. The van der Waals surface area contributed by atoms with Crippen molar-refractivity contribution >= 4 is 17.5 Å². The smallest absolute Gasteiger partial charge is 0.251 e. The fourth-order valence-electron chi connectivity index (χ4n) is 3.05. The van der Waals surface area contributed by atoms with Crippen LogP contribution in [-0.2, 0) is 4.74 Å². The SMILES string of the molecule is Cc1ccc([C@H](C[NH+]2CCOCC2)NC(=O)c2ccc(Cl)cc2)cc1. The molecule has 1 amide bonds. The Morgan fingerprint density at radius 1 is 1.12 bits per heavy atom. The second-order valence-electron chi connectivity index (χ2n) is 6.51. The van der Waals surface area contributed by atoms with Gasteiger partial charge in [0.1, 0.15) is 25.7 Å². The first-order chi connectivity index (χ1) is 12.1. The van der Waals surface area contributed by atoms with E-state index in [1.54, 1.807) is 24.3 Å². The molecule has 2 N–H and O–H groups in total. The van der Waals surface area contributed by atoms with Gasteiger partial charge in [-0.3, -0.25) is 4.79 Å². The van der Waals surface area contributed by atoms with Crippen molar-refractivity contribution in [1.82, 2.24) is 5.32 Å². The summed E-state index contributed by atoms with van der Waals surface area (Å²) in [7, 11) is 0. The highest BCUT2D eigenvalue weighted by atomic mass is 35.5. The maximum Gasteiger partial charge on any atom is 0.251 e. The molecule has 1 aliphatic rings. The molecule has 4 nitrogen and oxygen atoms in total. The number of halogens is 1. The van der Waals surface area contributed by atoms with E-state index in [9.17, 15) is 4.79 Å². The number of carbonyl (C=O) groups excluding carboxylic acids is 1. The van der Waals surface area contributed by atoms with Crippen LogP contribution in [0.25, 0.3) is 0 Å². The quantitative estimate of drug-likeness (QED) is 0.858. The molecule has 0 saturated carbocycles. The highest BCUT2D eigenvalue weighted by Gasteiger charge is 2.23. The molecule has 1 saturated heterocycles. The Morgan fingerprint density at radius 3 is 2.40 bits per heavy atom. The van der Waals surface area contributed by atoms with Gasteiger partial charge in [-0.2, -0.15) is 0 Å². The number of rotatable bonds is 5. The molecule has 5 heteroatoms. The fourth-order valence-corrected chi connectivity index (χ4v) is 3.17. The van der Waals surface area contributed by atoms with Gasteiger partial charge < -0.3 is 15.0 Å². The zero-order valence-electron chi connectivity index (χ0n) is 14.4. The molecule has 0 aliphatic carbocycles. The highest BCUT2D eigenvalue weighted by Crippen LogP contribution is 2.15. The number of nitrogens with one attached hydrogen (secondary N) is 2. The Bertz CT molecular complexity index is 695. The molecule has 0 unspecified atom stereocenters. The lowest BCUT2D eigenvalue weighted by Crippen LogP contribution is -3.14. The van der Waals surface area contributed by atoms with E-state index in [0.717, 1.165) is 38.4 Å². The third-order valence-electron chi connectivity index (χ3n) is 4.58. The van der Waals surface area contributed by atoms with Gasteiger partial charge in [-0.1, -0.05) is 41.4 Å². The van der Waals surface area contributed by atoms with E-state index in [0.29, 0.717) is 10.6 Å². The van der Waals surface area contributed by atoms with E-state index >= 15 is 0 Å². The maximum absolute atomic E-state index is 12.7. The van der Waals surface area contributed by atoms with E-state index in [-0.39, 0.29) is 11.9 Å². The third-order valence-corrected chi connectivity index (χ3v) is 4.84. The van der Waals surface area contributed by atoms with Crippen LogP contribution in [0.2, 0.25) is 5.02 Å². The van der Waals surface area contributed by atoms with E-state index in [1.807, 2.05) is 0 Å². The average Bonchev–Trinajstić information content (AvgIpc) is 2.63. The fraction of sp³-hybridized carbons (Fsp3) is 0.350. The number of benzene rings is 2. The summed E-state index contributed by atoms with van der Waals surface area (Å²) >= 11 is 5.91. The van der Waals surface area contributed by atoms with Crippen LogP contribution in [0.5, 0.6) is 0 Å². The Labute approximate surface area is 153 Å². The minimum absolute atomic E-state index is 0.0307. The number of hydrogen-bond acceptors (Lipinski definition) is 2. The van der Waals surface area contributed by atoms with E-state index < -0.39 is 0 Å². The Hall–Kier alpha value is -1.88. The lowest BCUT2D eigenvalue weighted by molar-refractivity contribution is -0.909. The van der Waals surface area contributed by atoms with Crippen molar-refractivity contribution in [2.45, 2.75) is 13.0 Å². The van der Waals surface area contributed by atoms with Gasteiger partial charge >= 0.3 is 0 Å². The molecule has 1 fully saturated rings. The number of aryl methyl sites for hydroxylation is 1. The zero-order chi connectivity index (χ0) is 17.6. The van der Waals surface area contributed by atoms with Gasteiger partial charge in [0.25, 0.3) is 5.91 Å². The molecule has 1 aliphatic heterocycles. The Kier molecular flexibility index (Phi) is 6.08. The van der Waals surface area contributed by atoms with Gasteiger partial charge in [0.15, 0.2) is 0 Å². The van der Waals surface area contributed by atoms with E-state index in [4.69, 9.17) is 16.3 Å². The average molecular weight is 360 g/mol. The van der Waals surface area contributed by atoms with Gasteiger partial charge in [-0.25, -0.2) is 0 Å². The van der Waals surface area contributed by atoms with Crippen LogP contribution in [0.4, 0.5) is 0 Å². The Balaban J connectivity index is 1.76. The number of carbonyl (C=O) groups is 1. The summed E-state index contributed by atoms with van der Waals surface area (Å²) in [5, 5.41) is 3.82. The molecule has 0 bridgehead atoms. The molecule has 3 rings (SSSR count). The first-order valence-corrected chi connectivity index (χ1v) is 9.04. The first kappa shape index (κ1) is 17.9. The summed E-state index contributed by atoms with van der Waals surface area (Å²) < 4.78 is 5.44. The molecule has 0 radical (unpaired) electrons. The van der Waals surface area contributed by atoms with Gasteiger partial charge in [0.2, 0.25) is 0 Å². The number of ether oxygens (including phenoxy) is 1. The molecule has 25 heavy (non-hydrogen) atoms. The van der Waals surface area contributed by atoms with Crippen LogP contribution in [0.3, 0.4) is 0 Å². The summed E-state index contributed by atoms with van der Waals surface area (Å²) in [6.45, 7) is 6.42. The van der Waals surface area contributed by atoms with Crippen LogP contribution < -0.4 is 10.2 Å². The minimum Gasteiger partial charge on any atom is -0.370 e. The van der Waals surface area contributed by atoms with Gasteiger partial charge in [0, 0.05) is 10.6 Å². The molecule has 2 aromatic rings. The summed E-state index contributed by atoms with van der Waals surface area (Å²) in [5.41, 5.74) is 2.97. The summed E-state index contributed by atoms with van der Waals surface area (Å²) in [5.74, 6) is -0.0742. The summed E-state index contributed by atoms with van der Waals surface area (Å²) in [4.78, 5) is 14.1. The predicted octanol–water partition coefficient (Wildman–Crippen LogP) is 2.03. The molecule has 0 spiro atoms. The van der Waals surface area contributed by atoms with Crippen molar-refractivity contribution in [3.05, 3.63) is 70.2 Å². The van der Waals surface area contributed by atoms with Crippen molar-refractivity contribution in [1.29, 1.82) is 0 Å². The molecule has 1 heterocycles. The van der Waals surface area contributed by atoms with E-state index in [1.165, 1.54) is 10.5 Å². The lowest BCUT2D eigenvalue weighted by atomic mass is 10.0. The number of morpholine rings is 1. The monoisotopic (exact) mass is 359 g/mol.